The topological polar surface area (TPSA) is 105 Å². The fourth-order valence-corrected chi connectivity index (χ4v) is 6.15. The lowest BCUT2D eigenvalue weighted by Crippen LogP contribution is -2.46. The van der Waals surface area contributed by atoms with Gasteiger partial charge in [0.15, 0.2) is 0 Å². The van der Waals surface area contributed by atoms with Crippen molar-refractivity contribution in [3.63, 3.8) is 0 Å². The van der Waals surface area contributed by atoms with Gasteiger partial charge in [-0.25, -0.2) is 23.7 Å². The molecular weight excluding hydrogens is 596 g/mol. The van der Waals surface area contributed by atoms with Gasteiger partial charge in [0.05, 0.1) is 18.3 Å². The van der Waals surface area contributed by atoms with E-state index in [1.54, 1.807) is 26.6 Å². The normalized spacial score (nSPS) is 20.4. The molecule has 0 bridgehead atoms. The minimum absolute atomic E-state index is 0.0722. The number of benzene rings is 3. The molecule has 0 spiro atoms. The van der Waals surface area contributed by atoms with Crippen LogP contribution in [0.3, 0.4) is 0 Å². The second-order valence-electron chi connectivity index (χ2n) is 12.0. The Labute approximate surface area is 273 Å². The highest BCUT2D eigenvalue weighted by atomic mass is 16.8. The summed E-state index contributed by atoms with van der Waals surface area (Å²) in [5.41, 5.74) is 3.96. The van der Waals surface area contributed by atoms with Gasteiger partial charge >= 0.3 is 5.69 Å². The largest absolute Gasteiger partial charge is 0.491 e. The van der Waals surface area contributed by atoms with Crippen LogP contribution in [-0.4, -0.2) is 74.6 Å². The molecule has 0 saturated carbocycles. The zero-order valence-corrected chi connectivity index (χ0v) is 26.8. The highest BCUT2D eigenvalue weighted by molar-refractivity contribution is 5.54. The van der Waals surface area contributed by atoms with Crippen LogP contribution in [0.1, 0.15) is 31.9 Å². The monoisotopic (exact) mass is 636 g/mol. The van der Waals surface area contributed by atoms with Gasteiger partial charge in [0.2, 0.25) is 5.79 Å². The van der Waals surface area contributed by atoms with E-state index in [4.69, 9.17) is 14.2 Å². The first-order valence-electron chi connectivity index (χ1n) is 16.2. The van der Waals surface area contributed by atoms with Crippen molar-refractivity contribution in [2.75, 3.05) is 49.2 Å². The number of aromatic nitrogens is 6. The molecule has 3 aromatic carbocycles. The van der Waals surface area contributed by atoms with E-state index >= 15 is 0 Å². The standard InChI is InChI=1S/C35H40N8O4/c1-3-27(2)43-34(44)42(26-38-43)31-11-9-29(10-12-31)39-17-19-40(20-18-39)30-13-15-32(16-14-30)45-21-33-22-46-35(47-33,23-41-25-36-24-37-41)28-7-5-4-6-8-28/h4-16,24-27,33H,3,17-23H2,1-2H3. The summed E-state index contributed by atoms with van der Waals surface area (Å²) in [5.74, 6) is -0.160. The van der Waals surface area contributed by atoms with Crippen molar-refractivity contribution in [1.29, 1.82) is 0 Å². The lowest BCUT2D eigenvalue weighted by molar-refractivity contribution is -0.190. The molecule has 47 heavy (non-hydrogen) atoms. The summed E-state index contributed by atoms with van der Waals surface area (Å²) in [4.78, 5) is 21.6. The molecule has 12 heteroatoms. The molecule has 7 rings (SSSR count). The minimum atomic E-state index is -0.951. The highest BCUT2D eigenvalue weighted by Crippen LogP contribution is 2.36. The van der Waals surface area contributed by atoms with E-state index in [2.05, 4.69) is 56.2 Å². The van der Waals surface area contributed by atoms with Gasteiger partial charge in [-0.2, -0.15) is 10.2 Å². The van der Waals surface area contributed by atoms with Gasteiger partial charge in [0, 0.05) is 43.1 Å². The van der Waals surface area contributed by atoms with Crippen molar-refractivity contribution in [3.8, 4) is 11.4 Å². The molecule has 0 radical (unpaired) electrons. The van der Waals surface area contributed by atoms with E-state index in [0.29, 0.717) is 19.8 Å². The SMILES string of the molecule is CCC(C)n1ncn(-c2ccc(N3CCN(c4ccc(OCC5COC(Cn6cncn6)(c6ccccc6)O5)cc4)CC3)cc2)c1=O. The number of ether oxygens (including phenoxy) is 3. The predicted molar refractivity (Wildman–Crippen MR) is 178 cm³/mol. The zero-order chi connectivity index (χ0) is 32.2. The molecule has 5 aromatic rings. The molecule has 12 nitrogen and oxygen atoms in total. The molecule has 0 aliphatic carbocycles. The first-order valence-corrected chi connectivity index (χ1v) is 16.2. The highest BCUT2D eigenvalue weighted by Gasteiger charge is 2.44. The summed E-state index contributed by atoms with van der Waals surface area (Å²) in [6.07, 6.45) is 5.40. The van der Waals surface area contributed by atoms with E-state index in [1.807, 2.05) is 61.5 Å². The van der Waals surface area contributed by atoms with Crippen molar-refractivity contribution in [3.05, 3.63) is 114 Å². The van der Waals surface area contributed by atoms with Gasteiger partial charge in [-0.3, -0.25) is 0 Å². The Morgan fingerprint density at radius 3 is 2.17 bits per heavy atom. The fourth-order valence-electron chi connectivity index (χ4n) is 6.15. The first-order chi connectivity index (χ1) is 23.0. The maximum atomic E-state index is 12.8. The number of rotatable bonds is 11. The molecule has 3 atom stereocenters. The van der Waals surface area contributed by atoms with Crippen LogP contribution < -0.4 is 20.2 Å². The van der Waals surface area contributed by atoms with Crippen molar-refractivity contribution in [2.24, 2.45) is 0 Å². The number of anilines is 2. The summed E-state index contributed by atoms with van der Waals surface area (Å²) in [5, 5.41) is 8.55. The van der Waals surface area contributed by atoms with Crippen molar-refractivity contribution in [1.82, 2.24) is 29.1 Å². The van der Waals surface area contributed by atoms with Gasteiger partial charge in [0.25, 0.3) is 0 Å². The first kappa shape index (κ1) is 30.7. The average Bonchev–Trinajstić information content (AvgIpc) is 3.89. The van der Waals surface area contributed by atoms with Gasteiger partial charge in [-0.05, 0) is 61.9 Å². The van der Waals surface area contributed by atoms with Crippen LogP contribution in [0.5, 0.6) is 5.75 Å². The van der Waals surface area contributed by atoms with Gasteiger partial charge < -0.3 is 24.0 Å². The molecule has 244 valence electrons. The number of hydrogen-bond acceptors (Lipinski definition) is 9. The van der Waals surface area contributed by atoms with E-state index < -0.39 is 5.79 Å². The quantitative estimate of drug-likeness (QED) is 0.210. The van der Waals surface area contributed by atoms with Crippen LogP contribution >= 0.6 is 0 Å². The lowest BCUT2D eigenvalue weighted by Gasteiger charge is -2.37. The lowest BCUT2D eigenvalue weighted by atomic mass is 10.1. The Bertz CT molecular complexity index is 1780. The third-order valence-electron chi connectivity index (χ3n) is 9.02. The van der Waals surface area contributed by atoms with Crippen LogP contribution in [0.4, 0.5) is 11.4 Å². The second-order valence-corrected chi connectivity index (χ2v) is 12.0. The van der Waals surface area contributed by atoms with Crippen molar-refractivity contribution >= 4 is 11.4 Å². The van der Waals surface area contributed by atoms with Crippen LogP contribution in [-0.2, 0) is 21.8 Å². The Morgan fingerprint density at radius 2 is 1.53 bits per heavy atom. The maximum absolute atomic E-state index is 12.8. The van der Waals surface area contributed by atoms with Gasteiger partial charge in [-0.1, -0.05) is 37.3 Å². The predicted octanol–water partition coefficient (Wildman–Crippen LogP) is 4.27. The molecular formula is C35H40N8O4. The molecule has 4 heterocycles. The number of piperazine rings is 1. The van der Waals surface area contributed by atoms with Gasteiger partial charge in [-0.15, -0.1) is 0 Å². The Morgan fingerprint density at radius 1 is 0.872 bits per heavy atom. The fraction of sp³-hybridized carbons (Fsp3) is 0.371. The van der Waals surface area contributed by atoms with E-state index in [-0.39, 0.29) is 17.8 Å². The van der Waals surface area contributed by atoms with Crippen molar-refractivity contribution in [2.45, 2.75) is 44.7 Å². The van der Waals surface area contributed by atoms with Crippen LogP contribution in [0.2, 0.25) is 0 Å². The minimum Gasteiger partial charge on any atom is -0.491 e. The van der Waals surface area contributed by atoms with Crippen molar-refractivity contribution < 1.29 is 14.2 Å². The summed E-state index contributed by atoms with van der Waals surface area (Å²) >= 11 is 0. The Kier molecular flexibility index (Phi) is 8.77. The molecule has 2 fully saturated rings. The summed E-state index contributed by atoms with van der Waals surface area (Å²) in [6, 6.07) is 26.4. The Hall–Kier alpha value is -4.94. The summed E-state index contributed by atoms with van der Waals surface area (Å²) in [6.45, 7) is 8.86. The number of hydrogen-bond donors (Lipinski definition) is 0. The smallest absolute Gasteiger partial charge is 0.350 e. The Balaban J connectivity index is 0.913. The van der Waals surface area contributed by atoms with Gasteiger partial charge in [0.1, 0.15) is 44.0 Å². The van der Waals surface area contributed by atoms with E-state index in [1.165, 1.54) is 12.0 Å². The molecule has 2 aliphatic heterocycles. The molecule has 2 aliphatic rings. The molecule has 0 amide bonds. The van der Waals surface area contributed by atoms with Crippen LogP contribution in [0.25, 0.3) is 5.69 Å². The molecule has 3 unspecified atom stereocenters. The average molecular weight is 637 g/mol. The van der Waals surface area contributed by atoms with E-state index in [9.17, 15) is 4.79 Å². The number of nitrogens with zero attached hydrogens (tertiary/aromatic N) is 8. The third-order valence-corrected chi connectivity index (χ3v) is 9.02. The molecule has 0 N–H and O–H groups in total. The third kappa shape index (κ3) is 6.51. The maximum Gasteiger partial charge on any atom is 0.350 e. The van der Waals surface area contributed by atoms with Crippen LogP contribution in [0, 0.1) is 0 Å². The summed E-state index contributed by atoms with van der Waals surface area (Å²) < 4.78 is 23.8. The molecule has 2 aromatic heterocycles. The van der Waals surface area contributed by atoms with Crippen LogP contribution in [0.15, 0.2) is 103 Å². The zero-order valence-electron chi connectivity index (χ0n) is 26.8. The summed E-state index contributed by atoms with van der Waals surface area (Å²) in [7, 11) is 0. The van der Waals surface area contributed by atoms with E-state index in [0.717, 1.165) is 55.3 Å². The molecule has 2 saturated heterocycles. The second kappa shape index (κ2) is 13.4.